The topological polar surface area (TPSA) is 40.6 Å². The van der Waals surface area contributed by atoms with Gasteiger partial charge in [-0.15, -0.1) is 0 Å². The Kier molecular flexibility index (Phi) is 3.67. The summed E-state index contributed by atoms with van der Waals surface area (Å²) in [7, 11) is 2.19. The summed E-state index contributed by atoms with van der Waals surface area (Å²) in [6.45, 7) is 6.58. The van der Waals surface area contributed by atoms with E-state index >= 15 is 0 Å². The number of carbonyl (C=O) groups excluding carboxylic acids is 2. The van der Waals surface area contributed by atoms with Gasteiger partial charge in [0.15, 0.2) is 5.78 Å². The molecule has 6 fully saturated rings. The molecular formula is C24H36N2O2. The highest BCUT2D eigenvalue weighted by molar-refractivity contribution is 5.88. The summed E-state index contributed by atoms with van der Waals surface area (Å²) in [5, 5.41) is 0. The molecule has 1 aliphatic heterocycles. The average Bonchev–Trinajstić information content (AvgIpc) is 3.26. The van der Waals surface area contributed by atoms with Crippen LogP contribution in [0.4, 0.5) is 0 Å². The minimum atomic E-state index is -0.0198. The zero-order valence-corrected chi connectivity index (χ0v) is 17.7. The van der Waals surface area contributed by atoms with Gasteiger partial charge in [-0.05, 0) is 80.6 Å². The maximum Gasteiger partial charge on any atom is 0.150 e. The van der Waals surface area contributed by atoms with E-state index in [0.717, 1.165) is 70.1 Å². The van der Waals surface area contributed by atoms with E-state index in [-0.39, 0.29) is 11.5 Å². The normalized spacial score (nSPS) is 53.9. The number of hydrogen-bond acceptors (Lipinski definition) is 4. The van der Waals surface area contributed by atoms with Crippen molar-refractivity contribution in [2.24, 2.45) is 34.0 Å². The monoisotopic (exact) mass is 384 g/mol. The maximum atomic E-state index is 13.2. The van der Waals surface area contributed by atoms with Gasteiger partial charge < -0.3 is 4.90 Å². The fourth-order valence-electron chi connectivity index (χ4n) is 9.15. The van der Waals surface area contributed by atoms with Crippen molar-refractivity contribution in [2.45, 2.75) is 70.8 Å². The van der Waals surface area contributed by atoms with Gasteiger partial charge in [0.05, 0.1) is 6.04 Å². The van der Waals surface area contributed by atoms with Crippen LogP contribution >= 0.6 is 0 Å². The van der Waals surface area contributed by atoms with Gasteiger partial charge in [0, 0.05) is 44.4 Å². The van der Waals surface area contributed by atoms with Crippen molar-refractivity contribution in [3.63, 3.8) is 0 Å². The summed E-state index contributed by atoms with van der Waals surface area (Å²) in [6, 6.07) is 0.182. The Bertz CT molecular complexity index is 728. The molecular weight excluding hydrogens is 348 g/mol. The summed E-state index contributed by atoms with van der Waals surface area (Å²) in [5.41, 5.74) is 0.767. The van der Waals surface area contributed by atoms with Crippen LogP contribution in [0.3, 0.4) is 0 Å². The first-order chi connectivity index (χ1) is 13.4. The molecule has 0 spiro atoms. The lowest BCUT2D eigenvalue weighted by molar-refractivity contribution is -0.139. The predicted molar refractivity (Wildman–Crippen MR) is 108 cm³/mol. The molecule has 1 heterocycles. The van der Waals surface area contributed by atoms with E-state index in [2.05, 4.69) is 23.8 Å². The molecule has 1 unspecified atom stereocenters. The van der Waals surface area contributed by atoms with Crippen LogP contribution in [-0.2, 0) is 9.59 Å². The smallest absolute Gasteiger partial charge is 0.150 e. The minimum absolute atomic E-state index is 0.0198. The molecule has 1 saturated heterocycles. The maximum absolute atomic E-state index is 13.2. The van der Waals surface area contributed by atoms with Crippen LogP contribution in [0.25, 0.3) is 0 Å². The molecule has 0 aromatic carbocycles. The van der Waals surface area contributed by atoms with Crippen LogP contribution in [-0.4, -0.2) is 60.6 Å². The van der Waals surface area contributed by atoms with Gasteiger partial charge in [-0.2, -0.15) is 0 Å². The average molecular weight is 385 g/mol. The Hall–Kier alpha value is -0.740. The van der Waals surface area contributed by atoms with Gasteiger partial charge in [0.1, 0.15) is 5.78 Å². The number of carbonyl (C=O) groups is 2. The molecule has 0 bridgehead atoms. The van der Waals surface area contributed by atoms with Gasteiger partial charge >= 0.3 is 0 Å². The highest BCUT2D eigenvalue weighted by Gasteiger charge is 2.77. The molecule has 6 aliphatic rings. The second-order valence-corrected chi connectivity index (χ2v) is 11.6. The second-order valence-electron chi connectivity index (χ2n) is 11.6. The largest absolute Gasteiger partial charge is 0.304 e. The summed E-state index contributed by atoms with van der Waals surface area (Å²) in [5.74, 6) is 3.27. The summed E-state index contributed by atoms with van der Waals surface area (Å²) in [6.07, 6.45) is 10.2. The minimum Gasteiger partial charge on any atom is -0.304 e. The number of fused-ring (bicyclic) bond motifs is 3. The van der Waals surface area contributed by atoms with E-state index in [1.165, 1.54) is 25.7 Å². The number of hydrogen-bond donors (Lipinski definition) is 0. The van der Waals surface area contributed by atoms with Gasteiger partial charge in [-0.1, -0.05) is 6.92 Å². The molecule has 0 radical (unpaired) electrons. The van der Waals surface area contributed by atoms with Crippen molar-refractivity contribution in [2.75, 3.05) is 33.2 Å². The molecule has 5 saturated carbocycles. The fourth-order valence-corrected chi connectivity index (χ4v) is 9.15. The van der Waals surface area contributed by atoms with Crippen LogP contribution in [0, 0.1) is 34.0 Å². The molecule has 7 atom stereocenters. The van der Waals surface area contributed by atoms with Crippen molar-refractivity contribution in [1.82, 2.24) is 9.80 Å². The Balaban J connectivity index is 1.28. The van der Waals surface area contributed by atoms with Gasteiger partial charge in [-0.3, -0.25) is 14.5 Å². The van der Waals surface area contributed by atoms with Crippen LogP contribution < -0.4 is 0 Å². The van der Waals surface area contributed by atoms with Crippen LogP contribution in [0.15, 0.2) is 0 Å². The first-order valence-electron chi connectivity index (χ1n) is 11.9. The zero-order valence-electron chi connectivity index (χ0n) is 17.7. The summed E-state index contributed by atoms with van der Waals surface area (Å²) < 4.78 is 0. The zero-order chi connectivity index (χ0) is 19.3. The molecule has 4 nitrogen and oxygen atoms in total. The van der Waals surface area contributed by atoms with E-state index in [9.17, 15) is 9.59 Å². The molecule has 6 rings (SSSR count). The summed E-state index contributed by atoms with van der Waals surface area (Å²) in [4.78, 5) is 30.8. The molecule has 0 amide bonds. The first kappa shape index (κ1) is 18.1. The molecule has 0 N–H and O–H groups in total. The van der Waals surface area contributed by atoms with E-state index < -0.39 is 0 Å². The van der Waals surface area contributed by atoms with E-state index in [1.54, 1.807) is 0 Å². The quantitative estimate of drug-likeness (QED) is 0.696. The van der Waals surface area contributed by atoms with Crippen molar-refractivity contribution in [3.8, 4) is 0 Å². The third-order valence-electron chi connectivity index (χ3n) is 10.8. The third kappa shape index (κ3) is 2.14. The van der Waals surface area contributed by atoms with Crippen molar-refractivity contribution < 1.29 is 9.59 Å². The lowest BCUT2D eigenvalue weighted by Gasteiger charge is -2.55. The van der Waals surface area contributed by atoms with E-state index in [1.807, 2.05) is 0 Å². The molecule has 154 valence electrons. The highest BCUT2D eigenvalue weighted by Crippen LogP contribution is 2.82. The van der Waals surface area contributed by atoms with Crippen molar-refractivity contribution in [3.05, 3.63) is 0 Å². The molecule has 28 heavy (non-hydrogen) atoms. The number of nitrogens with zero attached hydrogens (tertiary/aromatic N) is 2. The fraction of sp³-hybridized carbons (Fsp3) is 0.917. The summed E-state index contributed by atoms with van der Waals surface area (Å²) >= 11 is 0. The SMILES string of the molecule is CN1CCN(C2C[C@@]34C[C@@]3(CC[C@@H]3[C@@H]4CC[C@]4(C)C(=O)CC[C@@H]34)CC2=O)CC1. The number of Topliss-reactive ketones (excluding diaryl/α,β-unsaturated/α-hetero) is 2. The Morgan fingerprint density at radius 2 is 1.75 bits per heavy atom. The second kappa shape index (κ2) is 5.69. The number of piperazine rings is 1. The molecule has 4 heteroatoms. The van der Waals surface area contributed by atoms with Gasteiger partial charge in [0.25, 0.3) is 0 Å². The van der Waals surface area contributed by atoms with Crippen molar-refractivity contribution in [1.29, 1.82) is 0 Å². The Morgan fingerprint density at radius 3 is 2.54 bits per heavy atom. The number of rotatable bonds is 1. The van der Waals surface area contributed by atoms with Crippen LogP contribution in [0.2, 0.25) is 0 Å². The third-order valence-corrected chi connectivity index (χ3v) is 10.8. The Morgan fingerprint density at radius 1 is 0.964 bits per heavy atom. The van der Waals surface area contributed by atoms with Crippen LogP contribution in [0.1, 0.15) is 64.7 Å². The van der Waals surface area contributed by atoms with E-state index in [0.29, 0.717) is 28.3 Å². The number of likely N-dealkylation sites (N-methyl/N-ethyl adjacent to an activating group) is 1. The van der Waals surface area contributed by atoms with Gasteiger partial charge in [-0.25, -0.2) is 0 Å². The van der Waals surface area contributed by atoms with E-state index in [4.69, 9.17) is 0 Å². The van der Waals surface area contributed by atoms with Gasteiger partial charge in [0.2, 0.25) is 0 Å². The van der Waals surface area contributed by atoms with Crippen LogP contribution in [0.5, 0.6) is 0 Å². The molecule has 0 aromatic rings. The Labute approximate surface area is 169 Å². The van der Waals surface area contributed by atoms with Crippen molar-refractivity contribution >= 4 is 11.6 Å². The lowest BCUT2D eigenvalue weighted by atomic mass is 9.50. The predicted octanol–water partition coefficient (Wildman–Crippen LogP) is 3.15. The highest BCUT2D eigenvalue weighted by atomic mass is 16.1. The standard InChI is InChI=1S/C24H36N2O2/c1-22-7-6-18-16(17(22)3-4-21(22)28)5-8-23-14-20(27)19(13-24(18,23)15-23)26-11-9-25(2)10-12-26/h16-19H,3-15H2,1-2H3/t16-,17-,18-,19?,22-,23+,24-/m0/s1. The first-order valence-corrected chi connectivity index (χ1v) is 11.9. The molecule has 0 aromatic heterocycles. The number of ketones is 2. The molecule has 5 aliphatic carbocycles. The lowest BCUT2D eigenvalue weighted by Crippen LogP contribution is -2.57.